The number of aliphatic hydroxyl groups excluding tert-OH is 1. The fourth-order valence-corrected chi connectivity index (χ4v) is 2.10. The Balaban J connectivity index is -0.000000167. The largest absolute Gasteiger partial charge is 2.00 e. The van der Waals surface area contributed by atoms with E-state index < -0.39 is 27.2 Å². The molecule has 0 heterocycles. The molecular weight excluding hydrogens is 294 g/mol. The van der Waals surface area contributed by atoms with E-state index in [4.69, 9.17) is 5.11 Å². The Kier molecular flexibility index (Phi) is 17.8. The Hall–Kier alpha value is 2.74. The van der Waals surface area contributed by atoms with E-state index in [1.165, 1.54) is 0 Å². The molecule has 8 nitrogen and oxygen atoms in total. The van der Waals surface area contributed by atoms with Gasteiger partial charge in [0.15, 0.2) is 0 Å². The minimum atomic E-state index is -5.37. The molecule has 0 spiro atoms. The molecule has 0 rings (SSSR count). The van der Waals surface area contributed by atoms with E-state index in [-0.39, 0.29) is 81.0 Å². The number of aliphatic hydroxyl groups is 1. The van der Waals surface area contributed by atoms with Crippen LogP contribution in [0.15, 0.2) is 0 Å². The molecule has 1 unspecified atom stereocenters. The van der Waals surface area contributed by atoms with Crippen molar-refractivity contribution in [1.29, 1.82) is 0 Å². The molecule has 0 fully saturated rings. The molecule has 0 saturated carbocycles. The molecule has 3 N–H and O–H groups in total. The molecule has 0 aliphatic carbocycles. The predicted molar refractivity (Wildman–Crippen MR) is 41.2 cm³/mol. The van der Waals surface area contributed by atoms with E-state index >= 15 is 0 Å². The number of hydrogen-bond acceptors (Lipinski definition) is 7. The van der Waals surface area contributed by atoms with Crippen molar-refractivity contribution >= 4 is 90.7 Å². The Morgan fingerprint density at radius 2 is 1.36 bits per heavy atom. The third kappa shape index (κ3) is 14.7. The van der Waals surface area contributed by atoms with E-state index in [0.29, 0.717) is 0 Å². The summed E-state index contributed by atoms with van der Waals surface area (Å²) in [6.07, 6.45) is -1.57. The van der Waals surface area contributed by atoms with Gasteiger partial charge in [-0.2, -0.15) is 0 Å². The van der Waals surface area contributed by atoms with Gasteiger partial charge in [-0.1, -0.05) is 7.60 Å². The molecule has 76 valence electrons. The van der Waals surface area contributed by atoms with E-state index in [9.17, 15) is 28.7 Å². The molecular formula is C2H6Ca2O8P2. The minimum absolute atomic E-state index is 0. The molecule has 0 aliphatic heterocycles. The van der Waals surface area contributed by atoms with Crippen LogP contribution in [-0.2, 0) is 9.13 Å². The maximum Gasteiger partial charge on any atom is 2.00 e. The van der Waals surface area contributed by atoms with Crippen molar-refractivity contribution in [2.75, 3.05) is 6.16 Å². The zero-order chi connectivity index (χ0) is 9.28. The van der Waals surface area contributed by atoms with Gasteiger partial charge in [-0.05, 0) is 7.60 Å². The van der Waals surface area contributed by atoms with Crippen molar-refractivity contribution in [3.05, 3.63) is 0 Å². The fourth-order valence-electron chi connectivity index (χ4n) is 0.300. The van der Waals surface area contributed by atoms with Crippen LogP contribution in [-0.4, -0.2) is 98.1 Å². The molecule has 0 amide bonds. The van der Waals surface area contributed by atoms with E-state index in [0.717, 1.165) is 0 Å². The van der Waals surface area contributed by atoms with Crippen molar-refractivity contribution in [3.8, 4) is 0 Å². The van der Waals surface area contributed by atoms with Crippen LogP contribution in [0.1, 0.15) is 0 Å². The van der Waals surface area contributed by atoms with Crippen LogP contribution in [0, 0.1) is 0 Å². The molecule has 12 heteroatoms. The molecule has 0 aromatic carbocycles. The summed E-state index contributed by atoms with van der Waals surface area (Å²) >= 11 is 0. The maximum atomic E-state index is 9.83. The Morgan fingerprint density at radius 3 is 1.43 bits per heavy atom. The smallest absolute Gasteiger partial charge is 0.811 e. The van der Waals surface area contributed by atoms with E-state index in [1.54, 1.807) is 0 Å². The summed E-state index contributed by atoms with van der Waals surface area (Å²) in [4.78, 5) is 39.3. The SMILES string of the molecule is O.O=P([O-])([O-])CC(O)P(=O)([O-])[O-].[Ca+2].[Ca+2]. The van der Waals surface area contributed by atoms with Crippen LogP contribution in [0.3, 0.4) is 0 Å². The second-order valence-corrected chi connectivity index (χ2v) is 5.08. The average molecular weight is 300 g/mol. The van der Waals surface area contributed by atoms with Gasteiger partial charge in [0.2, 0.25) is 0 Å². The van der Waals surface area contributed by atoms with Gasteiger partial charge in [0.05, 0.1) is 5.85 Å². The first-order chi connectivity index (χ1) is 4.63. The van der Waals surface area contributed by atoms with Crippen LogP contribution in [0.2, 0.25) is 0 Å². The summed E-state index contributed by atoms with van der Waals surface area (Å²) < 4.78 is 19.6. The third-order valence-electron chi connectivity index (χ3n) is 0.752. The summed E-state index contributed by atoms with van der Waals surface area (Å²) in [6, 6.07) is 0. The van der Waals surface area contributed by atoms with Crippen molar-refractivity contribution in [2.24, 2.45) is 0 Å². The van der Waals surface area contributed by atoms with Gasteiger partial charge >= 0.3 is 75.5 Å². The Morgan fingerprint density at radius 1 is 1.07 bits per heavy atom. The van der Waals surface area contributed by atoms with Crippen molar-refractivity contribution < 1.29 is 39.3 Å². The van der Waals surface area contributed by atoms with E-state index in [2.05, 4.69) is 0 Å². The van der Waals surface area contributed by atoms with Gasteiger partial charge < -0.3 is 39.3 Å². The first-order valence-electron chi connectivity index (χ1n) is 2.34. The predicted octanol–water partition coefficient (Wildman–Crippen LogP) is -5.45. The minimum Gasteiger partial charge on any atom is -0.811 e. The maximum absolute atomic E-state index is 9.83. The van der Waals surface area contributed by atoms with Crippen molar-refractivity contribution in [1.82, 2.24) is 0 Å². The van der Waals surface area contributed by atoms with Crippen LogP contribution in [0.25, 0.3) is 0 Å². The van der Waals surface area contributed by atoms with Crippen LogP contribution >= 0.6 is 15.2 Å². The Bertz CT molecular complexity index is 219. The number of hydrogen-bond donors (Lipinski definition) is 1. The first kappa shape index (κ1) is 25.6. The van der Waals surface area contributed by atoms with E-state index in [1.807, 2.05) is 0 Å². The van der Waals surface area contributed by atoms with Crippen LogP contribution in [0.5, 0.6) is 0 Å². The zero-order valence-electron chi connectivity index (χ0n) is 6.99. The molecule has 0 saturated heterocycles. The first-order valence-corrected chi connectivity index (χ1v) is 5.68. The van der Waals surface area contributed by atoms with Gasteiger partial charge in [-0.25, -0.2) is 0 Å². The molecule has 0 aromatic rings. The van der Waals surface area contributed by atoms with Gasteiger partial charge in [0.1, 0.15) is 0 Å². The summed E-state index contributed by atoms with van der Waals surface area (Å²) in [7, 11) is -10.5. The molecule has 0 radical (unpaired) electrons. The summed E-state index contributed by atoms with van der Waals surface area (Å²) in [5, 5.41) is 8.26. The van der Waals surface area contributed by atoms with Gasteiger partial charge in [0.25, 0.3) is 0 Å². The monoisotopic (exact) mass is 300 g/mol. The quantitative estimate of drug-likeness (QED) is 0.399. The molecule has 1 atom stereocenters. The molecule has 0 bridgehead atoms. The second kappa shape index (κ2) is 9.74. The molecule has 0 aromatic heterocycles. The van der Waals surface area contributed by atoms with Crippen molar-refractivity contribution in [2.45, 2.75) is 5.85 Å². The van der Waals surface area contributed by atoms with Crippen LogP contribution in [0.4, 0.5) is 0 Å². The zero-order valence-corrected chi connectivity index (χ0v) is 13.2. The Labute approximate surface area is 140 Å². The van der Waals surface area contributed by atoms with Crippen molar-refractivity contribution in [3.63, 3.8) is 0 Å². The summed E-state index contributed by atoms with van der Waals surface area (Å²) in [5.74, 6) is -2.64. The van der Waals surface area contributed by atoms with Gasteiger partial charge in [-0.15, -0.1) is 0 Å². The molecule has 0 aliphatic rings. The van der Waals surface area contributed by atoms with Gasteiger partial charge in [-0.3, -0.25) is 0 Å². The third-order valence-corrected chi connectivity index (χ3v) is 2.75. The fraction of sp³-hybridized carbons (Fsp3) is 1.00. The average Bonchev–Trinajstić information content (AvgIpc) is 1.56. The second-order valence-electron chi connectivity index (χ2n) is 1.81. The summed E-state index contributed by atoms with van der Waals surface area (Å²) in [6.45, 7) is 0. The molecule has 14 heavy (non-hydrogen) atoms. The normalized spacial score (nSPS) is 12.9. The summed E-state index contributed by atoms with van der Waals surface area (Å²) in [5.41, 5.74) is 0. The van der Waals surface area contributed by atoms with Gasteiger partial charge in [0, 0.05) is 6.16 Å². The topological polar surface area (TPSA) is 178 Å². The number of rotatable bonds is 3. The van der Waals surface area contributed by atoms with Crippen LogP contribution < -0.4 is 19.6 Å². The standard InChI is InChI=1S/C2H8O7P2.2Ca.H2O/c3-2(11(7,8)9)1-10(4,5)6;;;/h2-3H,1H2,(H2,4,5,6)(H2,7,8,9);;;1H2/q;2*+2;/p-4.